The van der Waals surface area contributed by atoms with Gasteiger partial charge in [-0.05, 0) is 45.1 Å². The van der Waals surface area contributed by atoms with Crippen molar-refractivity contribution in [1.82, 2.24) is 15.5 Å². The molecule has 5 nitrogen and oxygen atoms in total. The number of guanidine groups is 1. The Balaban J connectivity index is 2.36. The lowest BCUT2D eigenvalue weighted by atomic mass is 10.0. The van der Waals surface area contributed by atoms with Crippen molar-refractivity contribution in [2.45, 2.75) is 58.9 Å². The summed E-state index contributed by atoms with van der Waals surface area (Å²) in [5.41, 5.74) is 0. The van der Waals surface area contributed by atoms with Gasteiger partial charge in [-0.25, -0.2) is 0 Å². The first-order valence-corrected chi connectivity index (χ1v) is 9.12. The number of nitrogens with one attached hydrogen (secondary N) is 2. The Morgan fingerprint density at radius 3 is 2.55 bits per heavy atom. The minimum absolute atomic E-state index is 0.261. The van der Waals surface area contributed by atoms with Gasteiger partial charge in [0.2, 0.25) is 0 Å². The third-order valence-electron chi connectivity index (χ3n) is 4.25. The van der Waals surface area contributed by atoms with E-state index in [1.165, 1.54) is 12.8 Å². The maximum Gasteiger partial charge on any atom is 0.191 e. The zero-order chi connectivity index (χ0) is 16.2. The van der Waals surface area contributed by atoms with Crippen LogP contribution in [-0.2, 0) is 0 Å². The highest BCUT2D eigenvalue weighted by Crippen LogP contribution is 2.25. The highest BCUT2D eigenvalue weighted by molar-refractivity contribution is 5.79. The van der Waals surface area contributed by atoms with Crippen molar-refractivity contribution in [3.8, 4) is 0 Å². The number of aliphatic hydroxyl groups is 1. The minimum atomic E-state index is 0.261. The smallest absolute Gasteiger partial charge is 0.191 e. The molecular weight excluding hydrogens is 276 g/mol. The maximum atomic E-state index is 9.13. The fourth-order valence-corrected chi connectivity index (χ4v) is 2.84. The van der Waals surface area contributed by atoms with Crippen molar-refractivity contribution in [2.75, 3.05) is 39.3 Å². The molecule has 0 bridgehead atoms. The summed E-state index contributed by atoms with van der Waals surface area (Å²) in [7, 11) is 0. The standard InChI is InChI=1S/C17H36N4O/c1-4-7-15(10-13-22)14-20-17(18-5-2)19-11-12-21(6-3)16-8-9-16/h15-16,22H,4-14H2,1-3H3,(H2,18,19,20). The predicted molar refractivity (Wildman–Crippen MR) is 94.4 cm³/mol. The molecule has 130 valence electrons. The molecule has 1 atom stereocenters. The lowest BCUT2D eigenvalue weighted by Crippen LogP contribution is -2.42. The summed E-state index contributed by atoms with van der Waals surface area (Å²) in [5, 5.41) is 15.9. The van der Waals surface area contributed by atoms with Gasteiger partial charge in [-0.15, -0.1) is 0 Å². The zero-order valence-corrected chi connectivity index (χ0v) is 14.8. The van der Waals surface area contributed by atoms with Gasteiger partial charge < -0.3 is 15.7 Å². The number of rotatable bonds is 12. The summed E-state index contributed by atoms with van der Waals surface area (Å²) in [5.74, 6) is 1.40. The lowest BCUT2D eigenvalue weighted by Gasteiger charge is -2.21. The first-order valence-electron chi connectivity index (χ1n) is 9.12. The van der Waals surface area contributed by atoms with Crippen molar-refractivity contribution in [3.05, 3.63) is 0 Å². The topological polar surface area (TPSA) is 59.9 Å². The average molecular weight is 313 g/mol. The average Bonchev–Trinajstić information content (AvgIpc) is 3.34. The Bertz CT molecular complexity index is 299. The second kappa shape index (κ2) is 11.7. The molecule has 0 heterocycles. The molecular formula is C17H36N4O. The molecule has 1 saturated carbocycles. The van der Waals surface area contributed by atoms with Crippen molar-refractivity contribution in [2.24, 2.45) is 10.9 Å². The second-order valence-electron chi connectivity index (χ2n) is 6.17. The molecule has 1 aliphatic rings. The molecule has 0 saturated heterocycles. The van der Waals surface area contributed by atoms with E-state index in [0.717, 1.165) is 64.0 Å². The molecule has 1 fully saturated rings. The van der Waals surface area contributed by atoms with E-state index in [4.69, 9.17) is 10.1 Å². The summed E-state index contributed by atoms with van der Waals surface area (Å²) < 4.78 is 0. The van der Waals surface area contributed by atoms with Gasteiger partial charge in [0.15, 0.2) is 5.96 Å². The Kier molecular flexibility index (Phi) is 10.2. The minimum Gasteiger partial charge on any atom is -0.396 e. The molecule has 3 N–H and O–H groups in total. The Morgan fingerprint density at radius 2 is 2.00 bits per heavy atom. The van der Waals surface area contributed by atoms with E-state index in [1.807, 2.05) is 0 Å². The van der Waals surface area contributed by atoms with Gasteiger partial charge in [0.25, 0.3) is 0 Å². The number of aliphatic hydroxyl groups excluding tert-OH is 1. The SMILES string of the molecule is CCCC(CCO)CN=C(NCC)NCCN(CC)C1CC1. The van der Waals surface area contributed by atoms with E-state index < -0.39 is 0 Å². The van der Waals surface area contributed by atoms with E-state index in [-0.39, 0.29) is 6.61 Å². The summed E-state index contributed by atoms with van der Waals surface area (Å²) in [6, 6.07) is 0.824. The van der Waals surface area contributed by atoms with Gasteiger partial charge in [0.1, 0.15) is 0 Å². The highest BCUT2D eigenvalue weighted by atomic mass is 16.3. The molecule has 22 heavy (non-hydrogen) atoms. The van der Waals surface area contributed by atoms with Gasteiger partial charge in [0.05, 0.1) is 0 Å². The molecule has 0 aliphatic heterocycles. The van der Waals surface area contributed by atoms with Crippen LogP contribution in [0.2, 0.25) is 0 Å². The first kappa shape index (κ1) is 19.2. The predicted octanol–water partition coefficient (Wildman–Crippen LogP) is 1.82. The van der Waals surface area contributed by atoms with Crippen LogP contribution in [0.15, 0.2) is 4.99 Å². The number of hydrogen-bond donors (Lipinski definition) is 3. The quantitative estimate of drug-likeness (QED) is 0.380. The number of aliphatic imine (C=N–C) groups is 1. The van der Waals surface area contributed by atoms with Crippen LogP contribution >= 0.6 is 0 Å². The molecule has 0 amide bonds. The largest absolute Gasteiger partial charge is 0.396 e. The number of hydrogen-bond acceptors (Lipinski definition) is 3. The van der Waals surface area contributed by atoms with Crippen LogP contribution in [0.4, 0.5) is 0 Å². The summed E-state index contributed by atoms with van der Waals surface area (Å²) in [4.78, 5) is 7.24. The molecule has 0 aromatic heterocycles. The third kappa shape index (κ3) is 7.99. The van der Waals surface area contributed by atoms with E-state index >= 15 is 0 Å². The van der Waals surface area contributed by atoms with Gasteiger partial charge in [-0.2, -0.15) is 0 Å². The molecule has 0 aromatic rings. The molecule has 5 heteroatoms. The van der Waals surface area contributed by atoms with Crippen LogP contribution in [0.1, 0.15) is 52.9 Å². The van der Waals surface area contributed by atoms with E-state index in [2.05, 4.69) is 36.3 Å². The van der Waals surface area contributed by atoms with Gasteiger partial charge >= 0.3 is 0 Å². The molecule has 1 unspecified atom stereocenters. The normalized spacial score (nSPS) is 16.9. The number of nitrogens with zero attached hydrogens (tertiary/aromatic N) is 2. The van der Waals surface area contributed by atoms with Crippen LogP contribution in [0, 0.1) is 5.92 Å². The monoisotopic (exact) mass is 312 g/mol. The number of likely N-dealkylation sites (N-methyl/N-ethyl adjacent to an activating group) is 1. The summed E-state index contributed by atoms with van der Waals surface area (Å²) in [6.07, 6.45) is 5.86. The lowest BCUT2D eigenvalue weighted by molar-refractivity contribution is 0.253. The molecule has 0 aromatic carbocycles. The second-order valence-corrected chi connectivity index (χ2v) is 6.17. The van der Waals surface area contributed by atoms with E-state index in [1.54, 1.807) is 0 Å². The Morgan fingerprint density at radius 1 is 1.23 bits per heavy atom. The fraction of sp³-hybridized carbons (Fsp3) is 0.941. The third-order valence-corrected chi connectivity index (χ3v) is 4.25. The van der Waals surface area contributed by atoms with E-state index in [0.29, 0.717) is 5.92 Å². The zero-order valence-electron chi connectivity index (χ0n) is 14.8. The summed E-state index contributed by atoms with van der Waals surface area (Å²) >= 11 is 0. The summed E-state index contributed by atoms with van der Waals surface area (Å²) in [6.45, 7) is 11.6. The van der Waals surface area contributed by atoms with Crippen molar-refractivity contribution in [3.63, 3.8) is 0 Å². The fourth-order valence-electron chi connectivity index (χ4n) is 2.84. The van der Waals surface area contributed by atoms with Crippen molar-refractivity contribution in [1.29, 1.82) is 0 Å². The van der Waals surface area contributed by atoms with Crippen LogP contribution in [0.5, 0.6) is 0 Å². The molecule has 0 spiro atoms. The van der Waals surface area contributed by atoms with Gasteiger partial charge in [-0.1, -0.05) is 20.3 Å². The van der Waals surface area contributed by atoms with Gasteiger partial charge in [0, 0.05) is 38.8 Å². The molecule has 1 rings (SSSR count). The van der Waals surface area contributed by atoms with Crippen LogP contribution in [0.25, 0.3) is 0 Å². The first-order chi connectivity index (χ1) is 10.7. The van der Waals surface area contributed by atoms with Crippen LogP contribution < -0.4 is 10.6 Å². The highest BCUT2D eigenvalue weighted by Gasteiger charge is 2.27. The van der Waals surface area contributed by atoms with Gasteiger partial charge in [-0.3, -0.25) is 9.89 Å². The Hall–Kier alpha value is -0.810. The van der Waals surface area contributed by atoms with Crippen LogP contribution in [0.3, 0.4) is 0 Å². The molecule has 1 aliphatic carbocycles. The van der Waals surface area contributed by atoms with Crippen molar-refractivity contribution < 1.29 is 5.11 Å². The molecule has 0 radical (unpaired) electrons. The van der Waals surface area contributed by atoms with Crippen molar-refractivity contribution >= 4 is 5.96 Å². The van der Waals surface area contributed by atoms with E-state index in [9.17, 15) is 0 Å². The Labute approximate surface area is 136 Å². The maximum absolute atomic E-state index is 9.13. The van der Waals surface area contributed by atoms with Crippen LogP contribution in [-0.4, -0.2) is 61.3 Å².